The van der Waals surface area contributed by atoms with Gasteiger partial charge in [0.05, 0.1) is 11.6 Å². The van der Waals surface area contributed by atoms with Gasteiger partial charge in [-0.2, -0.15) is 0 Å². The van der Waals surface area contributed by atoms with Crippen LogP contribution in [0.15, 0.2) is 34.1 Å². The molecular formula is C15H14BrN3O2S. The number of carbonyl (C=O) groups is 2. The summed E-state index contributed by atoms with van der Waals surface area (Å²) in [7, 11) is 0. The Bertz CT molecular complexity index is 714. The second-order valence-corrected chi connectivity index (χ2v) is 6.94. The highest BCUT2D eigenvalue weighted by atomic mass is 79.9. The molecule has 2 aromatic rings. The normalized spacial score (nSPS) is 17.8. The van der Waals surface area contributed by atoms with Gasteiger partial charge in [-0.3, -0.25) is 9.59 Å². The van der Waals surface area contributed by atoms with E-state index in [-0.39, 0.29) is 24.2 Å². The molecule has 22 heavy (non-hydrogen) atoms. The number of nitrogens with zero attached hydrogens (tertiary/aromatic N) is 2. The van der Waals surface area contributed by atoms with Gasteiger partial charge in [-0.15, -0.1) is 11.3 Å². The maximum atomic E-state index is 12.3. The van der Waals surface area contributed by atoms with Crippen LogP contribution in [0, 0.1) is 12.8 Å². The number of aryl methyl sites for hydroxylation is 1. The minimum absolute atomic E-state index is 0.0298. The molecule has 1 fully saturated rings. The predicted octanol–water partition coefficient (Wildman–Crippen LogP) is 3.21. The summed E-state index contributed by atoms with van der Waals surface area (Å²) < 4.78 is 0.955. The molecule has 1 aliphatic rings. The second kappa shape index (κ2) is 6.18. The van der Waals surface area contributed by atoms with E-state index in [4.69, 9.17) is 0 Å². The van der Waals surface area contributed by atoms with Gasteiger partial charge < -0.3 is 10.2 Å². The molecule has 7 heteroatoms. The first-order valence-electron chi connectivity index (χ1n) is 6.82. The Balaban J connectivity index is 1.68. The lowest BCUT2D eigenvalue weighted by Crippen LogP contribution is -2.28. The molecule has 2 amide bonds. The Morgan fingerprint density at radius 3 is 2.77 bits per heavy atom. The standard InChI is InChI=1S/C15H14BrN3O2S/c1-9-8-22-15(17-9)18-14(21)10-6-13(20)19(7-10)12-4-2-11(16)3-5-12/h2-5,8,10H,6-7H2,1H3,(H,17,18,21)/t10-/m1/s1. The highest BCUT2D eigenvalue weighted by Crippen LogP contribution is 2.27. The summed E-state index contributed by atoms with van der Waals surface area (Å²) >= 11 is 4.76. The van der Waals surface area contributed by atoms with Crippen molar-refractivity contribution in [3.05, 3.63) is 39.8 Å². The zero-order valence-electron chi connectivity index (χ0n) is 11.9. The van der Waals surface area contributed by atoms with E-state index < -0.39 is 0 Å². The van der Waals surface area contributed by atoms with Crippen molar-refractivity contribution in [2.24, 2.45) is 5.92 Å². The lowest BCUT2D eigenvalue weighted by molar-refractivity contribution is -0.122. The number of hydrogen-bond acceptors (Lipinski definition) is 4. The van der Waals surface area contributed by atoms with Crippen LogP contribution in [-0.4, -0.2) is 23.3 Å². The van der Waals surface area contributed by atoms with Crippen LogP contribution in [-0.2, 0) is 9.59 Å². The molecule has 1 atom stereocenters. The third-order valence-electron chi connectivity index (χ3n) is 3.48. The van der Waals surface area contributed by atoms with E-state index in [1.807, 2.05) is 36.6 Å². The van der Waals surface area contributed by atoms with Crippen molar-refractivity contribution in [3.8, 4) is 0 Å². The number of carbonyl (C=O) groups excluding carboxylic acids is 2. The molecule has 0 bridgehead atoms. The van der Waals surface area contributed by atoms with Crippen LogP contribution in [0.4, 0.5) is 10.8 Å². The van der Waals surface area contributed by atoms with E-state index in [2.05, 4.69) is 26.2 Å². The smallest absolute Gasteiger partial charge is 0.231 e. The summed E-state index contributed by atoms with van der Waals surface area (Å²) in [6, 6.07) is 7.50. The molecule has 5 nitrogen and oxygen atoms in total. The summed E-state index contributed by atoms with van der Waals surface area (Å²) in [4.78, 5) is 30.3. The number of aromatic nitrogens is 1. The maximum absolute atomic E-state index is 12.3. The molecular weight excluding hydrogens is 366 g/mol. The SMILES string of the molecule is Cc1csc(NC(=O)[C@@H]2CC(=O)N(c3ccc(Br)cc3)C2)n1. The van der Waals surface area contributed by atoms with Crippen molar-refractivity contribution >= 4 is 49.9 Å². The molecule has 1 saturated heterocycles. The Morgan fingerprint density at radius 1 is 1.41 bits per heavy atom. The molecule has 2 heterocycles. The fourth-order valence-electron chi connectivity index (χ4n) is 2.37. The molecule has 1 aromatic heterocycles. The van der Waals surface area contributed by atoms with E-state index in [9.17, 15) is 9.59 Å². The molecule has 0 spiro atoms. The first-order chi connectivity index (χ1) is 10.5. The lowest BCUT2D eigenvalue weighted by Gasteiger charge is -2.16. The van der Waals surface area contributed by atoms with Gasteiger partial charge in [0.25, 0.3) is 0 Å². The third-order valence-corrected chi connectivity index (χ3v) is 4.89. The summed E-state index contributed by atoms with van der Waals surface area (Å²) in [5, 5.41) is 5.25. The van der Waals surface area contributed by atoms with Crippen LogP contribution >= 0.6 is 27.3 Å². The van der Waals surface area contributed by atoms with Gasteiger partial charge in [0, 0.05) is 28.5 Å². The van der Waals surface area contributed by atoms with Gasteiger partial charge in [-0.05, 0) is 31.2 Å². The van der Waals surface area contributed by atoms with Crippen molar-refractivity contribution in [2.75, 3.05) is 16.8 Å². The number of halogens is 1. The van der Waals surface area contributed by atoms with Crippen molar-refractivity contribution in [2.45, 2.75) is 13.3 Å². The number of benzene rings is 1. The Hall–Kier alpha value is -1.73. The molecule has 1 aromatic carbocycles. The van der Waals surface area contributed by atoms with E-state index >= 15 is 0 Å². The largest absolute Gasteiger partial charge is 0.312 e. The summed E-state index contributed by atoms with van der Waals surface area (Å²) in [6.07, 6.45) is 0.228. The molecule has 0 saturated carbocycles. The Labute approximate surface area is 140 Å². The van der Waals surface area contributed by atoms with Crippen LogP contribution in [0.3, 0.4) is 0 Å². The van der Waals surface area contributed by atoms with Gasteiger partial charge in [0.1, 0.15) is 0 Å². The molecule has 114 valence electrons. The highest BCUT2D eigenvalue weighted by molar-refractivity contribution is 9.10. The molecule has 0 aliphatic carbocycles. The number of anilines is 2. The van der Waals surface area contributed by atoms with E-state index in [0.717, 1.165) is 15.9 Å². The number of hydrogen-bond donors (Lipinski definition) is 1. The summed E-state index contributed by atoms with van der Waals surface area (Å²) in [6.45, 7) is 2.27. The van der Waals surface area contributed by atoms with Crippen LogP contribution in [0.25, 0.3) is 0 Å². The fraction of sp³-hybridized carbons (Fsp3) is 0.267. The summed E-state index contributed by atoms with van der Waals surface area (Å²) in [5.41, 5.74) is 1.69. The van der Waals surface area contributed by atoms with Gasteiger partial charge >= 0.3 is 0 Å². The predicted molar refractivity (Wildman–Crippen MR) is 90.1 cm³/mol. The van der Waals surface area contributed by atoms with Crippen molar-refractivity contribution < 1.29 is 9.59 Å². The molecule has 0 radical (unpaired) electrons. The molecule has 1 N–H and O–H groups in total. The number of rotatable bonds is 3. The Morgan fingerprint density at radius 2 is 2.14 bits per heavy atom. The van der Waals surface area contributed by atoms with Crippen LogP contribution in [0.2, 0.25) is 0 Å². The first-order valence-corrected chi connectivity index (χ1v) is 8.49. The van der Waals surface area contributed by atoms with Crippen LogP contribution in [0.1, 0.15) is 12.1 Å². The van der Waals surface area contributed by atoms with Gasteiger partial charge in [0.2, 0.25) is 11.8 Å². The van der Waals surface area contributed by atoms with Crippen molar-refractivity contribution in [1.82, 2.24) is 4.98 Å². The number of amides is 2. The van der Waals surface area contributed by atoms with Crippen molar-refractivity contribution in [1.29, 1.82) is 0 Å². The number of nitrogens with one attached hydrogen (secondary N) is 1. The average molecular weight is 380 g/mol. The first kappa shape index (κ1) is 15.2. The van der Waals surface area contributed by atoms with Crippen LogP contribution in [0.5, 0.6) is 0 Å². The number of thiazole rings is 1. The van der Waals surface area contributed by atoms with Gasteiger partial charge in [-0.1, -0.05) is 15.9 Å². The maximum Gasteiger partial charge on any atom is 0.231 e. The van der Waals surface area contributed by atoms with E-state index in [1.54, 1.807) is 4.90 Å². The zero-order chi connectivity index (χ0) is 15.7. The van der Waals surface area contributed by atoms with Gasteiger partial charge in [0.15, 0.2) is 5.13 Å². The zero-order valence-corrected chi connectivity index (χ0v) is 14.3. The molecule has 1 aliphatic heterocycles. The van der Waals surface area contributed by atoms with E-state index in [0.29, 0.717) is 11.7 Å². The second-order valence-electron chi connectivity index (χ2n) is 5.17. The minimum atomic E-state index is -0.347. The Kier molecular flexibility index (Phi) is 4.26. The molecule has 3 rings (SSSR count). The van der Waals surface area contributed by atoms with E-state index in [1.165, 1.54) is 11.3 Å². The minimum Gasteiger partial charge on any atom is -0.312 e. The average Bonchev–Trinajstić information content (AvgIpc) is 3.06. The van der Waals surface area contributed by atoms with Crippen molar-refractivity contribution in [3.63, 3.8) is 0 Å². The highest BCUT2D eigenvalue weighted by Gasteiger charge is 2.35. The monoisotopic (exact) mass is 379 g/mol. The summed E-state index contributed by atoms with van der Waals surface area (Å²) in [5.74, 6) is -0.527. The fourth-order valence-corrected chi connectivity index (χ4v) is 3.33. The lowest BCUT2D eigenvalue weighted by atomic mass is 10.1. The van der Waals surface area contributed by atoms with Gasteiger partial charge in [-0.25, -0.2) is 4.98 Å². The third kappa shape index (κ3) is 3.20. The van der Waals surface area contributed by atoms with Crippen LogP contribution < -0.4 is 10.2 Å². The molecule has 0 unspecified atom stereocenters. The topological polar surface area (TPSA) is 62.3 Å². The quantitative estimate of drug-likeness (QED) is 0.890.